The number of imidazole rings is 1. The van der Waals surface area contributed by atoms with Crippen molar-refractivity contribution in [3.05, 3.63) is 107 Å². The molecule has 0 unspecified atom stereocenters. The first-order valence-corrected chi connectivity index (χ1v) is 16.6. The molecule has 0 spiro atoms. The monoisotopic (exact) mass is 678 g/mol. The average Bonchev–Trinajstić information content (AvgIpc) is 3.51. The number of nitrogens with zero attached hydrogens (tertiary/aromatic N) is 2. The summed E-state index contributed by atoms with van der Waals surface area (Å²) in [6.45, 7) is 7.33. The van der Waals surface area contributed by atoms with Gasteiger partial charge in [-0.2, -0.15) is 0 Å². The van der Waals surface area contributed by atoms with Crippen LogP contribution in [0, 0.1) is 13.8 Å². The van der Waals surface area contributed by atoms with E-state index in [1.807, 2.05) is 36.4 Å². The molecule has 4 aromatic carbocycles. The van der Waals surface area contributed by atoms with Gasteiger partial charge in [0, 0.05) is 41.9 Å². The Labute approximate surface area is 294 Å². The Bertz CT molecular complexity index is 1830. The topological polar surface area (TPSA) is 119 Å². The van der Waals surface area contributed by atoms with Gasteiger partial charge in [-0.05, 0) is 43.7 Å². The van der Waals surface area contributed by atoms with Crippen LogP contribution in [0.4, 0.5) is 0 Å². The van der Waals surface area contributed by atoms with Gasteiger partial charge in [0.05, 0.1) is 59.1 Å². The minimum absolute atomic E-state index is 0.165. The van der Waals surface area contributed by atoms with Gasteiger partial charge in [-0.15, -0.1) is 0 Å². The molecule has 0 fully saturated rings. The van der Waals surface area contributed by atoms with Crippen LogP contribution in [0.5, 0.6) is 17.2 Å². The van der Waals surface area contributed by atoms with E-state index in [2.05, 4.69) is 72.3 Å². The third-order valence-electron chi connectivity index (χ3n) is 8.26. The minimum Gasteiger partial charge on any atom is -0.493 e. The summed E-state index contributed by atoms with van der Waals surface area (Å²) in [6.07, 6.45) is 0. The molecule has 0 saturated heterocycles. The SMILES string of the molecule is COc1cc(-c2nc(-c3ccc(C)cc3)c(-c3ccc(C)cc3)n2Cc2ccc(C(=O)NCCOCCOCCN)cc2)cc(OC)c1OC. The highest BCUT2D eigenvalue weighted by Gasteiger charge is 2.24. The molecule has 0 bridgehead atoms. The van der Waals surface area contributed by atoms with E-state index < -0.39 is 0 Å². The number of carbonyl (C=O) groups excluding carboxylic acids is 1. The molecule has 10 nitrogen and oxygen atoms in total. The van der Waals surface area contributed by atoms with Crippen LogP contribution in [0.25, 0.3) is 33.9 Å². The van der Waals surface area contributed by atoms with E-state index in [0.717, 1.165) is 39.5 Å². The first-order chi connectivity index (χ1) is 24.4. The van der Waals surface area contributed by atoms with Crippen molar-refractivity contribution in [2.75, 3.05) is 60.8 Å². The highest BCUT2D eigenvalue weighted by molar-refractivity contribution is 5.94. The van der Waals surface area contributed by atoms with Gasteiger partial charge in [0.15, 0.2) is 11.5 Å². The molecule has 50 heavy (non-hydrogen) atoms. The van der Waals surface area contributed by atoms with Crippen molar-refractivity contribution in [3.8, 4) is 51.2 Å². The first kappa shape index (κ1) is 36.1. The number of aromatic nitrogens is 2. The molecule has 10 heteroatoms. The van der Waals surface area contributed by atoms with Crippen molar-refractivity contribution in [2.45, 2.75) is 20.4 Å². The summed E-state index contributed by atoms with van der Waals surface area (Å²) in [7, 11) is 4.80. The number of ether oxygens (including phenoxy) is 5. The molecular weight excluding hydrogens is 632 g/mol. The van der Waals surface area contributed by atoms with Crippen molar-refractivity contribution in [2.24, 2.45) is 5.73 Å². The normalized spacial score (nSPS) is 11.0. The van der Waals surface area contributed by atoms with Crippen molar-refractivity contribution in [1.29, 1.82) is 0 Å². The van der Waals surface area contributed by atoms with Crippen LogP contribution in [0.1, 0.15) is 27.0 Å². The van der Waals surface area contributed by atoms with Crippen LogP contribution in [-0.4, -0.2) is 76.3 Å². The molecule has 1 amide bonds. The fraction of sp³-hybridized carbons (Fsp3) is 0.300. The zero-order chi connectivity index (χ0) is 35.5. The Balaban J connectivity index is 1.52. The fourth-order valence-corrected chi connectivity index (χ4v) is 5.64. The van der Waals surface area contributed by atoms with E-state index in [1.165, 1.54) is 11.1 Å². The van der Waals surface area contributed by atoms with Crippen molar-refractivity contribution < 1.29 is 28.5 Å². The van der Waals surface area contributed by atoms with Gasteiger partial charge in [-0.1, -0.05) is 71.8 Å². The number of benzene rings is 4. The van der Waals surface area contributed by atoms with Gasteiger partial charge < -0.3 is 39.3 Å². The van der Waals surface area contributed by atoms with Crippen LogP contribution in [0.15, 0.2) is 84.9 Å². The Morgan fingerprint density at radius 3 is 1.86 bits per heavy atom. The molecular formula is C40H46N4O6. The van der Waals surface area contributed by atoms with Gasteiger partial charge >= 0.3 is 0 Å². The van der Waals surface area contributed by atoms with Crippen LogP contribution in [0.2, 0.25) is 0 Å². The summed E-state index contributed by atoms with van der Waals surface area (Å²) in [5, 5.41) is 2.92. The summed E-state index contributed by atoms with van der Waals surface area (Å²) in [6, 6.07) is 28.4. The summed E-state index contributed by atoms with van der Waals surface area (Å²) in [4.78, 5) is 18.2. The van der Waals surface area contributed by atoms with Crippen LogP contribution >= 0.6 is 0 Å². The van der Waals surface area contributed by atoms with E-state index in [4.69, 9.17) is 34.4 Å². The maximum atomic E-state index is 12.9. The second kappa shape index (κ2) is 17.5. The van der Waals surface area contributed by atoms with E-state index in [-0.39, 0.29) is 5.91 Å². The van der Waals surface area contributed by atoms with Gasteiger partial charge in [-0.3, -0.25) is 4.79 Å². The predicted octanol–water partition coefficient (Wildman–Crippen LogP) is 6.30. The van der Waals surface area contributed by atoms with Gasteiger partial charge in [0.25, 0.3) is 5.91 Å². The average molecular weight is 679 g/mol. The second-order valence-electron chi connectivity index (χ2n) is 11.8. The van der Waals surface area contributed by atoms with Gasteiger partial charge in [0.2, 0.25) is 5.75 Å². The molecule has 0 saturated carbocycles. The lowest BCUT2D eigenvalue weighted by Crippen LogP contribution is -2.27. The zero-order valence-corrected chi connectivity index (χ0v) is 29.5. The molecule has 5 rings (SSSR count). The van der Waals surface area contributed by atoms with Gasteiger partial charge in [0.1, 0.15) is 5.82 Å². The lowest BCUT2D eigenvalue weighted by molar-refractivity contribution is 0.0511. The molecule has 1 heterocycles. The van der Waals surface area contributed by atoms with Crippen LogP contribution in [-0.2, 0) is 16.0 Å². The van der Waals surface area contributed by atoms with E-state index in [9.17, 15) is 4.79 Å². The standard InChI is InChI=1S/C40H46N4O6/c1-27-6-12-30(13-7-27)36-37(31-14-8-28(2)9-15-31)44(39(43-36)33-24-34(46-3)38(48-5)35(25-33)47-4)26-29-10-16-32(17-11-29)40(45)42-19-21-50-23-22-49-20-18-41/h6-17,24-25H,18-23,26,41H2,1-5H3,(H,42,45). The lowest BCUT2D eigenvalue weighted by Gasteiger charge is -2.17. The van der Waals surface area contributed by atoms with Crippen molar-refractivity contribution in [1.82, 2.24) is 14.9 Å². The first-order valence-electron chi connectivity index (χ1n) is 16.6. The smallest absolute Gasteiger partial charge is 0.251 e. The van der Waals surface area contributed by atoms with E-state index in [1.54, 1.807) is 21.3 Å². The highest BCUT2D eigenvalue weighted by atomic mass is 16.5. The number of nitrogens with two attached hydrogens (primary N) is 1. The third kappa shape index (κ3) is 8.70. The number of amides is 1. The Kier molecular flexibility index (Phi) is 12.6. The quantitative estimate of drug-likeness (QED) is 0.110. The van der Waals surface area contributed by atoms with Crippen LogP contribution < -0.4 is 25.3 Å². The predicted molar refractivity (Wildman–Crippen MR) is 196 cm³/mol. The molecule has 0 aliphatic heterocycles. The molecule has 0 aliphatic carbocycles. The second-order valence-corrected chi connectivity index (χ2v) is 11.8. The van der Waals surface area contributed by atoms with Crippen molar-refractivity contribution in [3.63, 3.8) is 0 Å². The molecule has 1 aromatic heterocycles. The number of carbonyl (C=O) groups is 1. The Morgan fingerprint density at radius 2 is 1.30 bits per heavy atom. The minimum atomic E-state index is -0.165. The number of hydrogen-bond donors (Lipinski definition) is 2. The number of methoxy groups -OCH3 is 3. The Hall–Kier alpha value is -5.16. The van der Waals surface area contributed by atoms with Gasteiger partial charge in [-0.25, -0.2) is 4.98 Å². The zero-order valence-electron chi connectivity index (χ0n) is 29.5. The van der Waals surface area contributed by atoms with E-state index >= 15 is 0 Å². The Morgan fingerprint density at radius 1 is 0.720 bits per heavy atom. The third-order valence-corrected chi connectivity index (χ3v) is 8.26. The maximum Gasteiger partial charge on any atom is 0.251 e. The molecule has 0 aliphatic rings. The van der Waals surface area contributed by atoms with Crippen LogP contribution in [0.3, 0.4) is 0 Å². The number of hydrogen-bond acceptors (Lipinski definition) is 8. The molecule has 0 atom stereocenters. The summed E-state index contributed by atoms with van der Waals surface area (Å²) in [5.41, 5.74) is 14.0. The van der Waals surface area contributed by atoms with E-state index in [0.29, 0.717) is 68.9 Å². The number of rotatable bonds is 17. The summed E-state index contributed by atoms with van der Waals surface area (Å²) in [5.74, 6) is 2.14. The number of nitrogens with one attached hydrogen (secondary N) is 1. The molecule has 0 radical (unpaired) electrons. The fourth-order valence-electron chi connectivity index (χ4n) is 5.64. The molecule has 3 N–H and O–H groups in total. The summed E-state index contributed by atoms with van der Waals surface area (Å²) >= 11 is 0. The maximum absolute atomic E-state index is 12.9. The highest BCUT2D eigenvalue weighted by Crippen LogP contribution is 2.43. The summed E-state index contributed by atoms with van der Waals surface area (Å²) < 4.78 is 30.1. The molecule has 5 aromatic rings. The lowest BCUT2D eigenvalue weighted by atomic mass is 10.0. The largest absolute Gasteiger partial charge is 0.493 e. The molecule has 262 valence electrons. The van der Waals surface area contributed by atoms with Crippen molar-refractivity contribution >= 4 is 5.91 Å². The number of aryl methyl sites for hydroxylation is 2.